The van der Waals surface area contributed by atoms with E-state index in [1.165, 1.54) is 0 Å². The van der Waals surface area contributed by atoms with Gasteiger partial charge >= 0.3 is 0 Å². The van der Waals surface area contributed by atoms with Crippen molar-refractivity contribution in [1.82, 2.24) is 0 Å². The van der Waals surface area contributed by atoms with E-state index >= 15 is 0 Å². The molecule has 0 saturated carbocycles. The minimum Gasteiger partial charge on any atom is -0.376 e. The molecular weight excluding hydrogens is 357 g/mol. The van der Waals surface area contributed by atoms with Crippen LogP contribution in [-0.2, 0) is 6.54 Å². The van der Waals surface area contributed by atoms with Crippen molar-refractivity contribution in [2.24, 2.45) is 0 Å². The summed E-state index contributed by atoms with van der Waals surface area (Å²) in [7, 11) is 0. The number of anilines is 1. The van der Waals surface area contributed by atoms with Gasteiger partial charge in [-0.15, -0.1) is 0 Å². The van der Waals surface area contributed by atoms with Crippen LogP contribution in [0.4, 0.5) is 27.6 Å². The van der Waals surface area contributed by atoms with E-state index in [0.717, 1.165) is 10.0 Å². The summed E-state index contributed by atoms with van der Waals surface area (Å²) in [6.07, 6.45) is 0. The van der Waals surface area contributed by atoms with Gasteiger partial charge in [0.15, 0.2) is 23.3 Å². The van der Waals surface area contributed by atoms with E-state index in [4.69, 9.17) is 0 Å². The molecule has 0 saturated heterocycles. The first-order valence-corrected chi connectivity index (χ1v) is 6.62. The first kappa shape index (κ1) is 15.8. The zero-order valence-corrected chi connectivity index (χ0v) is 12.3. The lowest BCUT2D eigenvalue weighted by Gasteiger charge is -2.11. The summed E-state index contributed by atoms with van der Waals surface area (Å²) in [6, 6.07) is 5.12. The minimum absolute atomic E-state index is 0.0769. The number of benzene rings is 2. The van der Waals surface area contributed by atoms with E-state index in [-0.39, 0.29) is 6.54 Å². The highest BCUT2D eigenvalue weighted by Gasteiger charge is 2.25. The quantitative estimate of drug-likeness (QED) is 0.455. The van der Waals surface area contributed by atoms with E-state index in [0.29, 0.717) is 5.56 Å². The molecular formula is C14H9BrF5N. The number of hydrogen-bond donors (Lipinski definition) is 1. The molecule has 0 fully saturated rings. The Hall–Kier alpha value is -1.63. The maximum atomic E-state index is 13.5. The summed E-state index contributed by atoms with van der Waals surface area (Å²) in [5.74, 6) is -9.86. The molecule has 0 radical (unpaired) electrons. The van der Waals surface area contributed by atoms with Gasteiger partial charge in [-0.2, -0.15) is 0 Å². The fourth-order valence-corrected chi connectivity index (χ4v) is 2.01. The number of aryl methyl sites for hydroxylation is 1. The predicted octanol–water partition coefficient (Wildman–Crippen LogP) is 5.07. The maximum absolute atomic E-state index is 13.5. The lowest BCUT2D eigenvalue weighted by molar-refractivity contribution is 0.381. The molecule has 7 heteroatoms. The third-order valence-electron chi connectivity index (χ3n) is 2.90. The third-order valence-corrected chi connectivity index (χ3v) is 3.79. The molecule has 0 aromatic heterocycles. The molecule has 0 spiro atoms. The first-order chi connectivity index (χ1) is 9.82. The van der Waals surface area contributed by atoms with Crippen LogP contribution in [0.15, 0.2) is 22.7 Å². The van der Waals surface area contributed by atoms with Gasteiger partial charge in [-0.25, -0.2) is 22.0 Å². The summed E-state index contributed by atoms with van der Waals surface area (Å²) in [4.78, 5) is 0. The van der Waals surface area contributed by atoms with Gasteiger partial charge in [-0.1, -0.05) is 28.1 Å². The molecule has 1 nitrogen and oxygen atoms in total. The van der Waals surface area contributed by atoms with Crippen molar-refractivity contribution < 1.29 is 22.0 Å². The van der Waals surface area contributed by atoms with Crippen molar-refractivity contribution in [1.29, 1.82) is 0 Å². The third kappa shape index (κ3) is 3.02. The van der Waals surface area contributed by atoms with Gasteiger partial charge in [0.2, 0.25) is 5.82 Å². The molecule has 0 bridgehead atoms. The first-order valence-electron chi connectivity index (χ1n) is 5.83. The van der Waals surface area contributed by atoms with Gasteiger partial charge in [-0.3, -0.25) is 0 Å². The van der Waals surface area contributed by atoms with Gasteiger partial charge in [0.1, 0.15) is 5.69 Å². The summed E-state index contributed by atoms with van der Waals surface area (Å²) < 4.78 is 66.7. The fourth-order valence-electron chi connectivity index (χ4n) is 1.77. The molecule has 2 aromatic rings. The minimum atomic E-state index is -2.17. The van der Waals surface area contributed by atoms with Gasteiger partial charge in [0.25, 0.3) is 0 Å². The van der Waals surface area contributed by atoms with Crippen molar-refractivity contribution in [3.63, 3.8) is 0 Å². The number of nitrogens with one attached hydrogen (secondary N) is 1. The molecule has 0 atom stereocenters. The molecule has 0 aliphatic heterocycles. The molecule has 0 unspecified atom stereocenters. The second kappa shape index (κ2) is 6.01. The molecule has 0 aliphatic carbocycles. The topological polar surface area (TPSA) is 12.0 Å². The Kier molecular flexibility index (Phi) is 4.51. The normalized spacial score (nSPS) is 10.8. The number of halogens is 6. The Bertz CT molecular complexity index is 673. The zero-order valence-electron chi connectivity index (χ0n) is 10.7. The summed E-state index contributed by atoms with van der Waals surface area (Å²) in [6.45, 7) is 1.73. The van der Waals surface area contributed by atoms with Crippen LogP contribution in [0.3, 0.4) is 0 Å². The van der Waals surface area contributed by atoms with Crippen molar-refractivity contribution >= 4 is 21.6 Å². The average Bonchev–Trinajstić information content (AvgIpc) is 2.46. The maximum Gasteiger partial charge on any atom is 0.200 e. The Morgan fingerprint density at radius 2 is 1.43 bits per heavy atom. The molecule has 112 valence electrons. The van der Waals surface area contributed by atoms with Crippen molar-refractivity contribution in [3.05, 3.63) is 62.9 Å². The fraction of sp³-hybridized carbons (Fsp3) is 0.143. The Balaban J connectivity index is 2.30. The molecule has 0 amide bonds. The van der Waals surface area contributed by atoms with Crippen LogP contribution in [0, 0.1) is 36.0 Å². The Morgan fingerprint density at radius 3 is 1.95 bits per heavy atom. The summed E-state index contributed by atoms with van der Waals surface area (Å²) >= 11 is 3.29. The lowest BCUT2D eigenvalue weighted by Crippen LogP contribution is -2.10. The second-order valence-corrected chi connectivity index (χ2v) is 5.24. The summed E-state index contributed by atoms with van der Waals surface area (Å²) in [5.41, 5.74) is 0.485. The monoisotopic (exact) mass is 365 g/mol. The molecule has 0 aliphatic rings. The highest BCUT2D eigenvalue weighted by atomic mass is 79.9. The second-order valence-electron chi connectivity index (χ2n) is 4.38. The molecule has 1 N–H and O–H groups in total. The van der Waals surface area contributed by atoms with Crippen LogP contribution >= 0.6 is 15.9 Å². The standard InChI is InChI=1S/C14H9BrF5N/c1-6-4-7(2-3-8(6)15)5-21-14-12(19)10(17)9(16)11(18)13(14)20/h2-4,21H,5H2,1H3. The van der Waals surface area contributed by atoms with Crippen LogP contribution < -0.4 is 5.32 Å². The van der Waals surface area contributed by atoms with Gasteiger partial charge in [0, 0.05) is 11.0 Å². The Morgan fingerprint density at radius 1 is 0.905 bits per heavy atom. The highest BCUT2D eigenvalue weighted by molar-refractivity contribution is 9.10. The Labute approximate surface area is 125 Å². The van der Waals surface area contributed by atoms with Crippen LogP contribution in [0.5, 0.6) is 0 Å². The molecule has 21 heavy (non-hydrogen) atoms. The molecule has 0 heterocycles. The molecule has 2 aromatic carbocycles. The number of rotatable bonds is 3. The summed E-state index contributed by atoms with van der Waals surface area (Å²) in [5, 5.41) is 2.24. The van der Waals surface area contributed by atoms with Crippen LogP contribution in [0.25, 0.3) is 0 Å². The van der Waals surface area contributed by atoms with Crippen LogP contribution in [0.2, 0.25) is 0 Å². The van der Waals surface area contributed by atoms with E-state index in [1.807, 2.05) is 6.92 Å². The van der Waals surface area contributed by atoms with Gasteiger partial charge < -0.3 is 5.32 Å². The van der Waals surface area contributed by atoms with Crippen molar-refractivity contribution in [2.75, 3.05) is 5.32 Å². The SMILES string of the molecule is Cc1cc(CNc2c(F)c(F)c(F)c(F)c2F)ccc1Br. The smallest absolute Gasteiger partial charge is 0.200 e. The van der Waals surface area contributed by atoms with Crippen molar-refractivity contribution in [3.8, 4) is 0 Å². The zero-order chi connectivity index (χ0) is 15.7. The van der Waals surface area contributed by atoms with Gasteiger partial charge in [0.05, 0.1) is 0 Å². The van der Waals surface area contributed by atoms with Crippen LogP contribution in [0.1, 0.15) is 11.1 Å². The highest BCUT2D eigenvalue weighted by Crippen LogP contribution is 2.27. The lowest BCUT2D eigenvalue weighted by atomic mass is 10.1. The van der Waals surface area contributed by atoms with E-state index < -0.39 is 34.8 Å². The van der Waals surface area contributed by atoms with Crippen LogP contribution in [-0.4, -0.2) is 0 Å². The van der Waals surface area contributed by atoms with E-state index in [9.17, 15) is 22.0 Å². The molecule has 2 rings (SSSR count). The number of hydrogen-bond acceptors (Lipinski definition) is 1. The largest absolute Gasteiger partial charge is 0.376 e. The van der Waals surface area contributed by atoms with Gasteiger partial charge in [-0.05, 0) is 24.1 Å². The van der Waals surface area contributed by atoms with E-state index in [2.05, 4.69) is 21.2 Å². The van der Waals surface area contributed by atoms with E-state index in [1.54, 1.807) is 18.2 Å². The predicted molar refractivity (Wildman–Crippen MR) is 72.4 cm³/mol. The average molecular weight is 366 g/mol. The van der Waals surface area contributed by atoms with Crippen molar-refractivity contribution in [2.45, 2.75) is 13.5 Å².